The van der Waals surface area contributed by atoms with Crippen molar-refractivity contribution in [3.05, 3.63) is 18.2 Å². The lowest BCUT2D eigenvalue weighted by molar-refractivity contribution is -0.123. The van der Waals surface area contributed by atoms with E-state index in [0.29, 0.717) is 37.7 Å². The quantitative estimate of drug-likeness (QED) is 0.799. The molecule has 9 heteroatoms. The molecular weight excluding hydrogens is 322 g/mol. The van der Waals surface area contributed by atoms with Gasteiger partial charge in [0, 0.05) is 32.2 Å². The van der Waals surface area contributed by atoms with Crippen LogP contribution in [0.3, 0.4) is 0 Å². The molecule has 1 aromatic carbocycles. The molecule has 3 rings (SSSR count). The number of fused-ring (bicyclic) bond motifs is 1. The molecule has 2 aliphatic rings. The lowest BCUT2D eigenvalue weighted by Gasteiger charge is -2.36. The second-order valence-electron chi connectivity index (χ2n) is 5.53. The number of rotatable bonds is 4. The van der Waals surface area contributed by atoms with E-state index in [-0.39, 0.29) is 11.7 Å². The predicted octanol–water partition coefficient (Wildman–Crippen LogP) is -0.405. The molecule has 0 saturated carbocycles. The first-order valence-corrected chi connectivity index (χ1v) is 8.77. The van der Waals surface area contributed by atoms with Gasteiger partial charge in [0.1, 0.15) is 0 Å². The Morgan fingerprint density at radius 3 is 2.48 bits per heavy atom. The van der Waals surface area contributed by atoms with Gasteiger partial charge in [0.25, 0.3) is 0 Å². The normalized spacial score (nSPS) is 20.4. The molecular formula is C14H19N3O5S. The second-order valence-corrected chi connectivity index (χ2v) is 7.47. The summed E-state index contributed by atoms with van der Waals surface area (Å²) in [6.45, 7) is 3.39. The molecule has 1 unspecified atom stereocenters. The zero-order valence-electron chi connectivity index (χ0n) is 12.8. The summed E-state index contributed by atoms with van der Waals surface area (Å²) in [6, 6.07) is 4.20. The van der Waals surface area contributed by atoms with E-state index in [1.165, 1.54) is 16.4 Å². The monoisotopic (exact) mass is 341 g/mol. The predicted molar refractivity (Wildman–Crippen MR) is 81.6 cm³/mol. The Morgan fingerprint density at radius 2 is 1.83 bits per heavy atom. The summed E-state index contributed by atoms with van der Waals surface area (Å²) in [5.74, 6) is 0.577. The maximum absolute atomic E-state index is 12.7. The number of sulfonamides is 1. The molecule has 1 aromatic rings. The maximum Gasteiger partial charge on any atom is 0.243 e. The van der Waals surface area contributed by atoms with Crippen molar-refractivity contribution in [1.29, 1.82) is 0 Å². The molecule has 1 fully saturated rings. The molecule has 0 spiro atoms. The lowest BCUT2D eigenvalue weighted by Crippen LogP contribution is -2.54. The highest BCUT2D eigenvalue weighted by molar-refractivity contribution is 7.89. The van der Waals surface area contributed by atoms with Crippen LogP contribution in [0, 0.1) is 0 Å². The van der Waals surface area contributed by atoms with Gasteiger partial charge in [0.2, 0.25) is 22.7 Å². The van der Waals surface area contributed by atoms with E-state index in [1.807, 2.05) is 4.90 Å². The van der Waals surface area contributed by atoms with Gasteiger partial charge < -0.3 is 15.2 Å². The topological polar surface area (TPSA) is 102 Å². The van der Waals surface area contributed by atoms with Crippen molar-refractivity contribution in [1.82, 2.24) is 9.21 Å². The Bertz CT molecular complexity index is 713. The number of hydrogen-bond acceptors (Lipinski definition) is 6. The molecule has 0 aromatic heterocycles. The van der Waals surface area contributed by atoms with Crippen LogP contribution < -0.4 is 15.2 Å². The minimum atomic E-state index is -3.60. The summed E-state index contributed by atoms with van der Waals surface area (Å²) >= 11 is 0. The molecule has 2 N–H and O–H groups in total. The molecule has 8 nitrogen and oxygen atoms in total. The number of amides is 1. The Labute approximate surface area is 134 Å². The first-order chi connectivity index (χ1) is 10.9. The van der Waals surface area contributed by atoms with Crippen LogP contribution in [0.4, 0.5) is 0 Å². The molecule has 2 aliphatic heterocycles. The van der Waals surface area contributed by atoms with Crippen molar-refractivity contribution >= 4 is 15.9 Å². The van der Waals surface area contributed by atoms with Crippen molar-refractivity contribution in [2.45, 2.75) is 17.9 Å². The number of hydrogen-bond donors (Lipinski definition) is 1. The fraction of sp³-hybridized carbons (Fsp3) is 0.500. The number of carbonyl (C=O) groups excluding carboxylic acids is 1. The summed E-state index contributed by atoms with van der Waals surface area (Å²) in [5.41, 5.74) is 5.29. The third-order valence-electron chi connectivity index (χ3n) is 4.21. The maximum atomic E-state index is 12.7. The van der Waals surface area contributed by atoms with E-state index in [0.717, 1.165) is 0 Å². The molecule has 2 heterocycles. The minimum absolute atomic E-state index is 0.0997. The zero-order valence-corrected chi connectivity index (χ0v) is 13.6. The van der Waals surface area contributed by atoms with Crippen LogP contribution in [0.15, 0.2) is 23.1 Å². The first kappa shape index (κ1) is 16.0. The van der Waals surface area contributed by atoms with Gasteiger partial charge in [-0.1, -0.05) is 0 Å². The number of benzene rings is 1. The van der Waals surface area contributed by atoms with Crippen molar-refractivity contribution in [3.63, 3.8) is 0 Å². The van der Waals surface area contributed by atoms with Crippen molar-refractivity contribution in [2.24, 2.45) is 5.73 Å². The molecule has 0 bridgehead atoms. The first-order valence-electron chi connectivity index (χ1n) is 7.33. The largest absolute Gasteiger partial charge is 0.454 e. The van der Waals surface area contributed by atoms with Gasteiger partial charge in [0.05, 0.1) is 10.9 Å². The van der Waals surface area contributed by atoms with Crippen LogP contribution in [0.1, 0.15) is 6.92 Å². The van der Waals surface area contributed by atoms with Gasteiger partial charge in [-0.05, 0) is 19.1 Å². The van der Waals surface area contributed by atoms with Gasteiger partial charge in [-0.15, -0.1) is 0 Å². The molecule has 23 heavy (non-hydrogen) atoms. The van der Waals surface area contributed by atoms with Crippen LogP contribution in [-0.2, 0) is 14.8 Å². The van der Waals surface area contributed by atoms with E-state index in [1.54, 1.807) is 13.0 Å². The van der Waals surface area contributed by atoms with E-state index in [9.17, 15) is 13.2 Å². The average molecular weight is 341 g/mol. The lowest BCUT2D eigenvalue weighted by atomic mass is 10.2. The van der Waals surface area contributed by atoms with Crippen LogP contribution in [0.25, 0.3) is 0 Å². The van der Waals surface area contributed by atoms with Gasteiger partial charge in [-0.2, -0.15) is 4.31 Å². The highest BCUT2D eigenvalue weighted by Crippen LogP contribution is 2.34. The number of ether oxygens (including phenoxy) is 2. The fourth-order valence-electron chi connectivity index (χ4n) is 2.70. The van der Waals surface area contributed by atoms with Crippen molar-refractivity contribution < 1.29 is 22.7 Å². The van der Waals surface area contributed by atoms with Crippen LogP contribution in [0.2, 0.25) is 0 Å². The molecule has 126 valence electrons. The molecule has 1 amide bonds. The van der Waals surface area contributed by atoms with E-state index in [4.69, 9.17) is 15.2 Å². The molecule has 1 atom stereocenters. The van der Waals surface area contributed by atoms with Crippen molar-refractivity contribution in [3.8, 4) is 11.5 Å². The average Bonchev–Trinajstić information content (AvgIpc) is 3.01. The number of carbonyl (C=O) groups is 1. The third kappa shape index (κ3) is 2.99. The fourth-order valence-corrected chi connectivity index (χ4v) is 4.14. The number of primary amides is 1. The van der Waals surface area contributed by atoms with Crippen LogP contribution in [-0.4, -0.2) is 62.5 Å². The Hall–Kier alpha value is -1.84. The van der Waals surface area contributed by atoms with E-state index >= 15 is 0 Å². The summed E-state index contributed by atoms with van der Waals surface area (Å²) in [5, 5.41) is 0. The molecule has 1 saturated heterocycles. The van der Waals surface area contributed by atoms with Crippen molar-refractivity contribution in [2.75, 3.05) is 33.0 Å². The number of nitrogens with two attached hydrogens (primary N) is 1. The summed E-state index contributed by atoms with van der Waals surface area (Å²) in [6.07, 6.45) is 0. The van der Waals surface area contributed by atoms with Gasteiger partial charge >= 0.3 is 0 Å². The molecule has 0 radical (unpaired) electrons. The number of nitrogens with zero attached hydrogens (tertiary/aromatic N) is 2. The Balaban J connectivity index is 1.73. The summed E-state index contributed by atoms with van der Waals surface area (Å²) < 4.78 is 37.3. The molecule has 0 aliphatic carbocycles. The minimum Gasteiger partial charge on any atom is -0.454 e. The standard InChI is InChI=1S/C14H19N3O5S/c1-10(14(15)18)16-4-6-17(7-5-16)23(19,20)11-2-3-12-13(8-11)22-9-21-12/h2-3,8,10H,4-7,9H2,1H3,(H2,15,18). The zero-order chi connectivity index (χ0) is 16.6. The SMILES string of the molecule is CC(C(N)=O)N1CCN(S(=O)(=O)c2ccc3c(c2)OCO3)CC1. The van der Waals surface area contributed by atoms with Gasteiger partial charge in [-0.3, -0.25) is 9.69 Å². The van der Waals surface area contributed by atoms with E-state index in [2.05, 4.69) is 0 Å². The third-order valence-corrected chi connectivity index (χ3v) is 6.11. The smallest absolute Gasteiger partial charge is 0.243 e. The van der Waals surface area contributed by atoms with Crippen LogP contribution in [0.5, 0.6) is 11.5 Å². The van der Waals surface area contributed by atoms with Gasteiger partial charge in [-0.25, -0.2) is 8.42 Å². The van der Waals surface area contributed by atoms with Crippen LogP contribution >= 0.6 is 0 Å². The summed E-state index contributed by atoms with van der Waals surface area (Å²) in [4.78, 5) is 13.3. The van der Waals surface area contributed by atoms with Gasteiger partial charge in [0.15, 0.2) is 11.5 Å². The van der Waals surface area contributed by atoms with E-state index < -0.39 is 22.0 Å². The second kappa shape index (κ2) is 5.99. The summed E-state index contributed by atoms with van der Waals surface area (Å²) in [7, 11) is -3.60. The highest BCUT2D eigenvalue weighted by Gasteiger charge is 2.32. The highest BCUT2D eigenvalue weighted by atomic mass is 32.2. The Morgan fingerprint density at radius 1 is 1.17 bits per heavy atom. The Kier molecular flexibility index (Phi) is 4.17. The number of piperazine rings is 1.